The molecule has 0 aromatic heterocycles. The van der Waals surface area contributed by atoms with Crippen molar-refractivity contribution in [2.75, 3.05) is 11.9 Å². The molecule has 0 heterocycles. The van der Waals surface area contributed by atoms with Gasteiger partial charge in [0.2, 0.25) is 5.91 Å². The van der Waals surface area contributed by atoms with Gasteiger partial charge in [0.05, 0.1) is 6.61 Å². The zero-order valence-electron chi connectivity index (χ0n) is 13.1. The van der Waals surface area contributed by atoms with Crippen molar-refractivity contribution in [1.29, 1.82) is 0 Å². The van der Waals surface area contributed by atoms with E-state index in [0.717, 1.165) is 0 Å². The van der Waals surface area contributed by atoms with E-state index in [1.807, 2.05) is 0 Å². The normalized spacial score (nSPS) is 10.3. The smallest absolute Gasteiger partial charge is 0.224 e. The van der Waals surface area contributed by atoms with Crippen molar-refractivity contribution in [3.63, 3.8) is 0 Å². The quantitative estimate of drug-likeness (QED) is 0.555. The molecule has 2 aromatic rings. The molecule has 24 heavy (non-hydrogen) atoms. The van der Waals surface area contributed by atoms with Crippen LogP contribution in [0, 0.1) is 0 Å². The van der Waals surface area contributed by atoms with Crippen molar-refractivity contribution < 1.29 is 14.3 Å². The highest BCUT2D eigenvalue weighted by Crippen LogP contribution is 2.22. The zero-order chi connectivity index (χ0) is 17.5. The van der Waals surface area contributed by atoms with Crippen LogP contribution in [0.5, 0.6) is 5.75 Å². The van der Waals surface area contributed by atoms with Gasteiger partial charge in [-0.05, 0) is 55.8 Å². The summed E-state index contributed by atoms with van der Waals surface area (Å²) >= 11 is 11.8. The molecule has 0 radical (unpaired) electrons. The van der Waals surface area contributed by atoms with Crippen LogP contribution >= 0.6 is 23.2 Å². The van der Waals surface area contributed by atoms with Crippen LogP contribution in [-0.4, -0.2) is 18.3 Å². The highest BCUT2D eigenvalue weighted by Gasteiger charge is 2.05. The molecule has 2 rings (SSSR count). The molecule has 0 fully saturated rings. The first-order chi connectivity index (χ1) is 11.4. The second-order valence-corrected chi connectivity index (χ2v) is 6.11. The van der Waals surface area contributed by atoms with Crippen LogP contribution in [0.4, 0.5) is 5.69 Å². The average Bonchev–Trinajstić information content (AvgIpc) is 2.51. The number of benzene rings is 2. The maximum Gasteiger partial charge on any atom is 0.224 e. The maximum absolute atomic E-state index is 11.9. The lowest BCUT2D eigenvalue weighted by Crippen LogP contribution is -2.12. The Morgan fingerprint density at radius 1 is 1.04 bits per heavy atom. The summed E-state index contributed by atoms with van der Waals surface area (Å²) in [5.74, 6) is 0.547. The topological polar surface area (TPSA) is 55.4 Å². The Hall–Kier alpha value is -2.04. The van der Waals surface area contributed by atoms with Crippen molar-refractivity contribution in [2.24, 2.45) is 0 Å². The van der Waals surface area contributed by atoms with Crippen molar-refractivity contribution >= 4 is 40.6 Å². The molecular weight excluding hydrogens is 349 g/mol. The molecule has 0 aliphatic heterocycles. The fourth-order valence-electron chi connectivity index (χ4n) is 2.06. The molecule has 0 spiro atoms. The minimum absolute atomic E-state index is 0.0133. The minimum Gasteiger partial charge on any atom is -0.494 e. The molecule has 0 unspecified atom stereocenters. The van der Waals surface area contributed by atoms with E-state index in [1.165, 1.54) is 6.92 Å². The highest BCUT2D eigenvalue weighted by molar-refractivity contribution is 6.35. The van der Waals surface area contributed by atoms with Gasteiger partial charge in [-0.25, -0.2) is 0 Å². The van der Waals surface area contributed by atoms with Crippen molar-refractivity contribution in [2.45, 2.75) is 19.8 Å². The Kier molecular flexibility index (Phi) is 6.64. The van der Waals surface area contributed by atoms with Crippen LogP contribution in [0.3, 0.4) is 0 Å². The Bertz CT molecular complexity index is 709. The van der Waals surface area contributed by atoms with Gasteiger partial charge < -0.3 is 10.1 Å². The van der Waals surface area contributed by atoms with Gasteiger partial charge in [-0.3, -0.25) is 9.59 Å². The van der Waals surface area contributed by atoms with E-state index in [-0.39, 0.29) is 11.7 Å². The fraction of sp³-hybridized carbons (Fsp3) is 0.222. The number of anilines is 1. The first kappa shape index (κ1) is 18.3. The fourth-order valence-corrected chi connectivity index (χ4v) is 2.58. The summed E-state index contributed by atoms with van der Waals surface area (Å²) in [4.78, 5) is 23.1. The molecular formula is C18H17Cl2NO3. The number of hydrogen-bond acceptors (Lipinski definition) is 3. The van der Waals surface area contributed by atoms with Crippen LogP contribution < -0.4 is 10.1 Å². The molecule has 0 atom stereocenters. The molecule has 126 valence electrons. The second-order valence-electron chi connectivity index (χ2n) is 5.24. The summed E-state index contributed by atoms with van der Waals surface area (Å²) in [6.07, 6.45) is 0.879. The summed E-state index contributed by atoms with van der Waals surface area (Å²) in [6.45, 7) is 1.92. The van der Waals surface area contributed by atoms with Crippen LogP contribution in [0.1, 0.15) is 30.1 Å². The monoisotopic (exact) mass is 365 g/mol. The zero-order valence-corrected chi connectivity index (χ0v) is 14.7. The number of hydrogen-bond donors (Lipinski definition) is 1. The maximum atomic E-state index is 11.9. The number of halogens is 2. The average molecular weight is 366 g/mol. The molecule has 0 aliphatic carbocycles. The molecule has 2 aromatic carbocycles. The number of ketones is 1. The molecule has 0 bridgehead atoms. The van der Waals surface area contributed by atoms with Gasteiger partial charge in [0, 0.05) is 27.7 Å². The number of Topliss-reactive ketones (excluding diaryl/α,β-unsaturated/α-hetero) is 1. The first-order valence-electron chi connectivity index (χ1n) is 7.44. The summed E-state index contributed by atoms with van der Waals surface area (Å²) in [5, 5.41) is 3.68. The summed E-state index contributed by atoms with van der Waals surface area (Å²) < 4.78 is 5.55. The molecule has 6 heteroatoms. The van der Waals surface area contributed by atoms with Gasteiger partial charge >= 0.3 is 0 Å². The highest BCUT2D eigenvalue weighted by atomic mass is 35.5. The number of ether oxygens (including phenoxy) is 1. The third kappa shape index (κ3) is 5.87. The van der Waals surface area contributed by atoms with E-state index in [4.69, 9.17) is 27.9 Å². The predicted octanol–water partition coefficient (Wildman–Crippen LogP) is 4.99. The lowest BCUT2D eigenvalue weighted by atomic mass is 10.1. The molecule has 4 nitrogen and oxygen atoms in total. The van der Waals surface area contributed by atoms with Gasteiger partial charge in [0.1, 0.15) is 5.75 Å². The third-order valence-corrected chi connectivity index (χ3v) is 3.66. The van der Waals surface area contributed by atoms with Crippen molar-refractivity contribution in [1.82, 2.24) is 0 Å². The number of carbonyl (C=O) groups is 2. The number of rotatable bonds is 7. The Morgan fingerprint density at radius 2 is 1.67 bits per heavy atom. The van der Waals surface area contributed by atoms with E-state index >= 15 is 0 Å². The Balaban J connectivity index is 1.73. The van der Waals surface area contributed by atoms with Crippen molar-refractivity contribution in [3.8, 4) is 5.75 Å². The van der Waals surface area contributed by atoms with Crippen LogP contribution in [-0.2, 0) is 4.79 Å². The molecule has 1 amide bonds. The minimum atomic E-state index is -0.135. The van der Waals surface area contributed by atoms with Crippen molar-refractivity contribution in [3.05, 3.63) is 58.1 Å². The van der Waals surface area contributed by atoms with Gasteiger partial charge in [0.15, 0.2) is 5.78 Å². The largest absolute Gasteiger partial charge is 0.494 e. The number of carbonyl (C=O) groups excluding carboxylic acids is 2. The van der Waals surface area contributed by atoms with Crippen LogP contribution in [0.15, 0.2) is 42.5 Å². The summed E-state index contributed by atoms with van der Waals surface area (Å²) in [6, 6.07) is 11.8. The number of amides is 1. The van der Waals surface area contributed by atoms with E-state index in [0.29, 0.717) is 46.5 Å². The standard InChI is InChI=1S/C18H17Cl2NO3/c1-12(22)13-4-6-17(7-5-13)24-8-2-3-18(23)21-16-10-14(19)9-15(20)11-16/h4-7,9-11H,2-3,8H2,1H3,(H,21,23). The van der Waals surface area contributed by atoms with E-state index < -0.39 is 0 Å². The SMILES string of the molecule is CC(=O)c1ccc(OCCCC(=O)Nc2cc(Cl)cc(Cl)c2)cc1. The lowest BCUT2D eigenvalue weighted by Gasteiger charge is -2.08. The van der Waals surface area contributed by atoms with Crippen LogP contribution in [0.2, 0.25) is 10.0 Å². The summed E-state index contributed by atoms with van der Waals surface area (Å²) in [7, 11) is 0. The number of nitrogens with one attached hydrogen (secondary N) is 1. The van der Waals surface area contributed by atoms with Gasteiger partial charge in [-0.15, -0.1) is 0 Å². The van der Waals surface area contributed by atoms with Gasteiger partial charge in [-0.2, -0.15) is 0 Å². The first-order valence-corrected chi connectivity index (χ1v) is 8.19. The summed E-state index contributed by atoms with van der Waals surface area (Å²) in [5.41, 5.74) is 1.21. The lowest BCUT2D eigenvalue weighted by molar-refractivity contribution is -0.116. The molecule has 0 saturated heterocycles. The molecule has 1 N–H and O–H groups in total. The van der Waals surface area contributed by atoms with Gasteiger partial charge in [-0.1, -0.05) is 23.2 Å². The van der Waals surface area contributed by atoms with E-state index in [1.54, 1.807) is 42.5 Å². The molecule has 0 aliphatic rings. The third-order valence-electron chi connectivity index (χ3n) is 3.22. The van der Waals surface area contributed by atoms with E-state index in [9.17, 15) is 9.59 Å². The Morgan fingerprint density at radius 3 is 2.25 bits per heavy atom. The van der Waals surface area contributed by atoms with Crippen LogP contribution in [0.25, 0.3) is 0 Å². The second kappa shape index (κ2) is 8.71. The van der Waals surface area contributed by atoms with Gasteiger partial charge in [0.25, 0.3) is 0 Å². The molecule has 0 saturated carbocycles. The Labute approximate surface area is 150 Å². The predicted molar refractivity (Wildman–Crippen MR) is 96.3 cm³/mol. The van der Waals surface area contributed by atoms with E-state index in [2.05, 4.69) is 5.32 Å².